The van der Waals surface area contributed by atoms with Gasteiger partial charge in [0.25, 0.3) is 0 Å². The summed E-state index contributed by atoms with van der Waals surface area (Å²) in [5.74, 6) is 1.65. The number of aryl methyl sites for hydroxylation is 3. The van der Waals surface area contributed by atoms with Crippen LogP contribution < -0.4 is 5.32 Å². The van der Waals surface area contributed by atoms with Gasteiger partial charge in [0.1, 0.15) is 5.82 Å². The lowest BCUT2D eigenvalue weighted by Crippen LogP contribution is -2.25. The van der Waals surface area contributed by atoms with Crippen molar-refractivity contribution in [1.29, 1.82) is 0 Å². The highest BCUT2D eigenvalue weighted by atomic mass is 16.1. The second-order valence-electron chi connectivity index (χ2n) is 6.05. The van der Waals surface area contributed by atoms with Crippen molar-refractivity contribution in [3.63, 3.8) is 0 Å². The smallest absolute Gasteiger partial charge is 0.220 e. The minimum atomic E-state index is 0.0516. The van der Waals surface area contributed by atoms with Gasteiger partial charge in [0.15, 0.2) is 0 Å². The zero-order valence-electron chi connectivity index (χ0n) is 14.9. The van der Waals surface area contributed by atoms with Crippen LogP contribution in [0.4, 0.5) is 0 Å². The standard InChI is InChI=1S/C18H23N7O/c1-15-19-11-14-24(15)12-6-10-20-17(26)9-5-13-25-22-18(21-23-25)16-7-3-2-4-8-16/h2-4,7-8,11,14H,5-6,9-10,12-13H2,1H3,(H,20,26). The molecule has 0 bridgehead atoms. The van der Waals surface area contributed by atoms with E-state index in [2.05, 4.69) is 30.3 Å². The van der Waals surface area contributed by atoms with Crippen LogP contribution >= 0.6 is 0 Å². The molecule has 26 heavy (non-hydrogen) atoms. The lowest BCUT2D eigenvalue weighted by molar-refractivity contribution is -0.121. The quantitative estimate of drug-likeness (QED) is 0.593. The summed E-state index contributed by atoms with van der Waals surface area (Å²) in [6.07, 6.45) is 5.75. The maximum Gasteiger partial charge on any atom is 0.220 e. The number of nitrogens with zero attached hydrogens (tertiary/aromatic N) is 6. The molecule has 0 fully saturated rings. The van der Waals surface area contributed by atoms with Crippen molar-refractivity contribution >= 4 is 5.91 Å². The van der Waals surface area contributed by atoms with Crippen LogP contribution in [0.25, 0.3) is 11.4 Å². The molecule has 3 aromatic rings. The Kier molecular flexibility index (Phi) is 6.08. The van der Waals surface area contributed by atoms with Crippen LogP contribution in [-0.2, 0) is 17.9 Å². The van der Waals surface area contributed by atoms with Crippen LogP contribution in [0.3, 0.4) is 0 Å². The van der Waals surface area contributed by atoms with Gasteiger partial charge in [0.2, 0.25) is 11.7 Å². The van der Waals surface area contributed by atoms with Crippen LogP contribution in [0.2, 0.25) is 0 Å². The zero-order valence-corrected chi connectivity index (χ0v) is 14.9. The normalized spacial score (nSPS) is 10.8. The van der Waals surface area contributed by atoms with E-state index >= 15 is 0 Å². The number of hydrogen-bond acceptors (Lipinski definition) is 5. The molecule has 0 aliphatic carbocycles. The first-order chi connectivity index (χ1) is 12.7. The van der Waals surface area contributed by atoms with E-state index in [0.29, 0.717) is 31.8 Å². The molecule has 2 aromatic heterocycles. The molecular weight excluding hydrogens is 330 g/mol. The molecule has 1 N–H and O–H groups in total. The van der Waals surface area contributed by atoms with Gasteiger partial charge in [-0.2, -0.15) is 4.80 Å². The molecule has 0 radical (unpaired) electrons. The minimum absolute atomic E-state index is 0.0516. The molecule has 1 aromatic carbocycles. The predicted octanol–water partition coefficient (Wildman–Crippen LogP) is 1.83. The van der Waals surface area contributed by atoms with Crippen molar-refractivity contribution in [2.24, 2.45) is 0 Å². The summed E-state index contributed by atoms with van der Waals surface area (Å²) in [5, 5.41) is 15.4. The third-order valence-electron chi connectivity index (χ3n) is 4.07. The van der Waals surface area contributed by atoms with E-state index in [1.165, 1.54) is 4.80 Å². The van der Waals surface area contributed by atoms with E-state index in [9.17, 15) is 4.79 Å². The predicted molar refractivity (Wildman–Crippen MR) is 97.1 cm³/mol. The Balaban J connectivity index is 1.33. The fraction of sp³-hybridized carbons (Fsp3) is 0.389. The Morgan fingerprint density at radius 1 is 1.15 bits per heavy atom. The second-order valence-corrected chi connectivity index (χ2v) is 6.05. The van der Waals surface area contributed by atoms with Crippen molar-refractivity contribution in [3.05, 3.63) is 48.5 Å². The van der Waals surface area contributed by atoms with E-state index in [1.54, 1.807) is 6.20 Å². The highest BCUT2D eigenvalue weighted by Crippen LogP contribution is 2.11. The monoisotopic (exact) mass is 353 g/mol. The number of nitrogens with one attached hydrogen (secondary N) is 1. The van der Waals surface area contributed by atoms with Gasteiger partial charge in [-0.1, -0.05) is 30.3 Å². The zero-order chi connectivity index (χ0) is 18.2. The molecule has 0 saturated heterocycles. The molecule has 0 unspecified atom stereocenters. The molecule has 8 heteroatoms. The van der Waals surface area contributed by atoms with Gasteiger partial charge < -0.3 is 9.88 Å². The summed E-state index contributed by atoms with van der Waals surface area (Å²) in [4.78, 5) is 17.6. The largest absolute Gasteiger partial charge is 0.356 e. The van der Waals surface area contributed by atoms with Gasteiger partial charge in [0, 0.05) is 37.5 Å². The van der Waals surface area contributed by atoms with E-state index in [4.69, 9.17) is 0 Å². The van der Waals surface area contributed by atoms with Crippen molar-refractivity contribution in [1.82, 2.24) is 35.1 Å². The topological polar surface area (TPSA) is 90.5 Å². The first kappa shape index (κ1) is 17.8. The molecule has 0 atom stereocenters. The second kappa shape index (κ2) is 8.89. The van der Waals surface area contributed by atoms with Crippen molar-refractivity contribution in [2.75, 3.05) is 6.54 Å². The maximum absolute atomic E-state index is 11.9. The number of aromatic nitrogens is 6. The molecule has 0 aliphatic rings. The van der Waals surface area contributed by atoms with Gasteiger partial charge >= 0.3 is 0 Å². The SMILES string of the molecule is Cc1nccn1CCCNC(=O)CCCn1nnc(-c2ccccc2)n1. The number of hydrogen-bond donors (Lipinski definition) is 1. The third kappa shape index (κ3) is 4.98. The average molecular weight is 353 g/mol. The van der Waals surface area contributed by atoms with Crippen LogP contribution in [0.1, 0.15) is 25.1 Å². The van der Waals surface area contributed by atoms with Crippen LogP contribution in [0, 0.1) is 6.92 Å². The van der Waals surface area contributed by atoms with Crippen LogP contribution in [0.15, 0.2) is 42.7 Å². The molecule has 1 amide bonds. The first-order valence-corrected chi connectivity index (χ1v) is 8.80. The summed E-state index contributed by atoms with van der Waals surface area (Å²) in [5.41, 5.74) is 0.935. The van der Waals surface area contributed by atoms with Gasteiger partial charge in [-0.3, -0.25) is 4.79 Å². The number of benzene rings is 1. The molecule has 8 nitrogen and oxygen atoms in total. The van der Waals surface area contributed by atoms with Crippen LogP contribution in [-0.4, -0.2) is 42.2 Å². The molecule has 0 saturated carbocycles. The molecule has 2 heterocycles. The van der Waals surface area contributed by atoms with Crippen LogP contribution in [0.5, 0.6) is 0 Å². The summed E-state index contributed by atoms with van der Waals surface area (Å²) < 4.78 is 2.08. The lowest BCUT2D eigenvalue weighted by atomic mass is 10.2. The third-order valence-corrected chi connectivity index (χ3v) is 4.07. The highest BCUT2D eigenvalue weighted by Gasteiger charge is 2.06. The fourth-order valence-corrected chi connectivity index (χ4v) is 2.63. The highest BCUT2D eigenvalue weighted by molar-refractivity contribution is 5.75. The summed E-state index contributed by atoms with van der Waals surface area (Å²) in [7, 11) is 0. The van der Waals surface area contributed by atoms with E-state index in [1.807, 2.05) is 43.5 Å². The molecule has 136 valence electrons. The van der Waals surface area contributed by atoms with E-state index < -0.39 is 0 Å². The Bertz CT molecular complexity index is 825. The number of carbonyl (C=O) groups is 1. The molecule has 0 aliphatic heterocycles. The van der Waals surface area contributed by atoms with Crippen molar-refractivity contribution in [3.8, 4) is 11.4 Å². The van der Waals surface area contributed by atoms with Crippen molar-refractivity contribution < 1.29 is 4.79 Å². The number of carbonyl (C=O) groups excluding carboxylic acids is 1. The fourth-order valence-electron chi connectivity index (χ4n) is 2.63. The van der Waals surface area contributed by atoms with Crippen molar-refractivity contribution in [2.45, 2.75) is 39.3 Å². The number of imidazole rings is 1. The molecule has 3 rings (SSSR count). The molecule has 0 spiro atoms. The summed E-state index contributed by atoms with van der Waals surface area (Å²) in [6.45, 7) is 4.06. The van der Waals surface area contributed by atoms with Gasteiger partial charge in [-0.15, -0.1) is 10.2 Å². The minimum Gasteiger partial charge on any atom is -0.356 e. The number of amides is 1. The van der Waals surface area contributed by atoms with E-state index in [-0.39, 0.29) is 5.91 Å². The van der Waals surface area contributed by atoms with E-state index in [0.717, 1.165) is 24.4 Å². The first-order valence-electron chi connectivity index (χ1n) is 8.80. The Labute approximate surface area is 152 Å². The molecular formula is C18H23N7O. The lowest BCUT2D eigenvalue weighted by Gasteiger charge is -2.07. The Hall–Kier alpha value is -3.03. The Morgan fingerprint density at radius 3 is 2.77 bits per heavy atom. The maximum atomic E-state index is 11.9. The number of tetrazole rings is 1. The summed E-state index contributed by atoms with van der Waals surface area (Å²) in [6, 6.07) is 9.71. The van der Waals surface area contributed by atoms with Gasteiger partial charge in [0.05, 0.1) is 6.54 Å². The average Bonchev–Trinajstić information content (AvgIpc) is 3.29. The van der Waals surface area contributed by atoms with Gasteiger partial charge in [-0.05, 0) is 25.0 Å². The Morgan fingerprint density at radius 2 is 2.00 bits per heavy atom. The number of rotatable bonds is 9. The van der Waals surface area contributed by atoms with Gasteiger partial charge in [-0.25, -0.2) is 4.98 Å². The summed E-state index contributed by atoms with van der Waals surface area (Å²) >= 11 is 0.